The minimum absolute atomic E-state index is 0.174. The third-order valence-corrected chi connectivity index (χ3v) is 7.06. The van der Waals surface area contributed by atoms with Crippen LogP contribution in [0.15, 0.2) is 66.7 Å². The minimum Gasteiger partial charge on any atom is -0.508 e. The number of hydrogen-bond donors (Lipinski definition) is 1. The van der Waals surface area contributed by atoms with Crippen LogP contribution >= 0.6 is 11.3 Å². The molecular weight excluding hydrogens is 446 g/mol. The van der Waals surface area contributed by atoms with Crippen molar-refractivity contribution in [1.82, 2.24) is 4.90 Å². The van der Waals surface area contributed by atoms with Gasteiger partial charge in [-0.25, -0.2) is 0 Å². The molecule has 1 aliphatic rings. The maximum atomic E-state index is 10.2. The molecule has 0 unspecified atom stereocenters. The van der Waals surface area contributed by atoms with E-state index in [1.807, 2.05) is 48.5 Å². The summed E-state index contributed by atoms with van der Waals surface area (Å²) in [5.41, 5.74) is 0.819. The number of fused-ring (bicyclic) bond motifs is 1. The first kappa shape index (κ1) is 19.1. The molecule has 0 amide bonds. The lowest BCUT2D eigenvalue weighted by Crippen LogP contribution is -2.33. The molecule has 0 bridgehead atoms. The molecule has 1 aromatic heterocycles. The Hall–Kier alpha value is -3.22. The molecule has 34 heavy (non-hydrogen) atoms. The summed E-state index contributed by atoms with van der Waals surface area (Å²) in [6.07, 6.45) is 3.82. The second kappa shape index (κ2) is 10.4. The van der Waals surface area contributed by atoms with Crippen LogP contribution in [0.25, 0.3) is 20.5 Å². The van der Waals surface area contributed by atoms with Crippen molar-refractivity contribution in [3.63, 3.8) is 0 Å². The summed E-state index contributed by atoms with van der Waals surface area (Å²) in [5, 5.41) is 10.6. The van der Waals surface area contributed by atoms with Gasteiger partial charge in [-0.2, -0.15) is 0 Å². The zero-order valence-electron chi connectivity index (χ0n) is 22.1. The van der Waals surface area contributed by atoms with Crippen LogP contribution in [0.4, 0.5) is 0 Å². The number of piperidine rings is 1. The summed E-state index contributed by atoms with van der Waals surface area (Å²) in [7, 11) is 1.60. The van der Waals surface area contributed by atoms with E-state index in [0.717, 1.165) is 30.9 Å². The van der Waals surface area contributed by atoms with Crippen molar-refractivity contribution in [1.29, 1.82) is 0 Å². The molecule has 1 N–H and O–H groups in total. The number of phenolic OH excluding ortho intramolecular Hbond substituents is 1. The van der Waals surface area contributed by atoms with Gasteiger partial charge >= 0.3 is 0 Å². The molecule has 1 fully saturated rings. The predicted octanol–water partition coefficient (Wildman–Crippen LogP) is 6.94. The molecule has 0 atom stereocenters. The van der Waals surface area contributed by atoms with E-state index >= 15 is 0 Å². The largest absolute Gasteiger partial charge is 0.508 e. The van der Waals surface area contributed by atoms with Crippen molar-refractivity contribution in [2.24, 2.45) is 0 Å². The van der Waals surface area contributed by atoms with Crippen LogP contribution < -0.4 is 14.2 Å². The smallest absolute Gasteiger partial charge is 0.153 e. The third kappa shape index (κ3) is 5.13. The maximum Gasteiger partial charge on any atom is 0.153 e. The topological polar surface area (TPSA) is 51.2 Å². The molecule has 3 aromatic carbocycles. The second-order valence-corrected chi connectivity index (χ2v) is 9.26. The lowest BCUT2D eigenvalue weighted by molar-refractivity contribution is 0.183. The van der Waals surface area contributed by atoms with Crippen LogP contribution in [0.3, 0.4) is 0 Å². The molecule has 2 heterocycles. The first-order valence-electron chi connectivity index (χ1n) is 13.0. The number of aromatic hydroxyl groups is 1. The Balaban J connectivity index is 1.43. The van der Waals surface area contributed by atoms with Crippen molar-refractivity contribution in [3.8, 4) is 39.2 Å². The standard InChI is InChI=1S/C28H29NO4S/c1-31-22-8-5-20(6-9-22)28-27(25-14-7-21(30)19-26(25)34-28)33-24-12-10-23(11-13-24)32-18-17-29-15-3-2-4-16-29/h5-14,19,30H,2-4,15-18H2,1H3/i7D,14D,19D. The Morgan fingerprint density at radius 3 is 2.38 bits per heavy atom. The molecule has 4 aromatic rings. The number of nitrogens with zero attached hydrogens (tertiary/aromatic N) is 1. The fraction of sp³-hybridized carbons (Fsp3) is 0.286. The number of hydrogen-bond acceptors (Lipinski definition) is 6. The van der Waals surface area contributed by atoms with Gasteiger partial charge in [0, 0.05) is 16.6 Å². The van der Waals surface area contributed by atoms with Gasteiger partial charge in [-0.05, 0) is 98.2 Å². The summed E-state index contributed by atoms with van der Waals surface area (Å²) >= 11 is 1.26. The SMILES string of the molecule is [2H]c1c(O)c([2H])c2sc(-c3ccc(OC)cc3)c(Oc3ccc(OCCN4CCCCC4)cc3)c2c1[2H]. The summed E-state index contributed by atoms with van der Waals surface area (Å²) < 4.78 is 42.9. The van der Waals surface area contributed by atoms with Crippen molar-refractivity contribution in [2.75, 3.05) is 33.4 Å². The zero-order chi connectivity index (χ0) is 25.9. The number of rotatable bonds is 8. The van der Waals surface area contributed by atoms with E-state index in [1.54, 1.807) is 7.11 Å². The van der Waals surface area contributed by atoms with Crippen molar-refractivity contribution >= 4 is 21.4 Å². The highest BCUT2D eigenvalue weighted by atomic mass is 32.1. The molecule has 0 aliphatic carbocycles. The fourth-order valence-corrected chi connectivity index (χ4v) is 5.19. The van der Waals surface area contributed by atoms with E-state index in [2.05, 4.69) is 4.90 Å². The summed E-state index contributed by atoms with van der Waals surface area (Å²) in [5.74, 6) is 1.89. The molecule has 0 radical (unpaired) electrons. The second-order valence-electron chi connectivity index (χ2n) is 8.24. The first-order chi connectivity index (χ1) is 18.0. The van der Waals surface area contributed by atoms with Crippen LogP contribution in [0.1, 0.15) is 23.4 Å². The Morgan fingerprint density at radius 1 is 0.941 bits per heavy atom. The van der Waals surface area contributed by atoms with Gasteiger partial charge < -0.3 is 19.3 Å². The molecule has 0 saturated carbocycles. The lowest BCUT2D eigenvalue weighted by atomic mass is 10.1. The van der Waals surface area contributed by atoms with Crippen molar-refractivity contribution in [2.45, 2.75) is 19.3 Å². The number of phenols is 1. The predicted molar refractivity (Wildman–Crippen MR) is 138 cm³/mol. The normalized spacial score (nSPS) is 15.5. The maximum absolute atomic E-state index is 10.2. The van der Waals surface area contributed by atoms with Gasteiger partial charge in [0.25, 0.3) is 0 Å². The monoisotopic (exact) mass is 478 g/mol. The molecule has 0 spiro atoms. The highest BCUT2D eigenvalue weighted by molar-refractivity contribution is 7.22. The number of methoxy groups -OCH3 is 1. The first-order valence-corrected chi connectivity index (χ1v) is 12.3. The van der Waals surface area contributed by atoms with Gasteiger partial charge in [0.1, 0.15) is 29.6 Å². The Kier molecular flexibility index (Phi) is 5.83. The molecule has 5 nitrogen and oxygen atoms in total. The van der Waals surface area contributed by atoms with E-state index in [9.17, 15) is 5.11 Å². The third-order valence-electron chi connectivity index (χ3n) is 5.92. The van der Waals surface area contributed by atoms with Gasteiger partial charge in [0.05, 0.1) is 16.1 Å². The molecule has 5 rings (SSSR count). The number of benzene rings is 3. The summed E-state index contributed by atoms with van der Waals surface area (Å²) in [6.45, 7) is 3.81. The van der Waals surface area contributed by atoms with Crippen LogP contribution in [-0.4, -0.2) is 43.4 Å². The van der Waals surface area contributed by atoms with E-state index in [4.69, 9.17) is 18.3 Å². The van der Waals surface area contributed by atoms with Crippen molar-refractivity contribution < 1.29 is 23.4 Å². The minimum atomic E-state index is -0.502. The van der Waals surface area contributed by atoms with Gasteiger partial charge in [-0.15, -0.1) is 11.3 Å². The molecular formula is C28H29NO4S. The lowest BCUT2D eigenvalue weighted by Gasteiger charge is -2.26. The van der Waals surface area contributed by atoms with Gasteiger partial charge in [0.15, 0.2) is 5.75 Å². The zero-order valence-corrected chi connectivity index (χ0v) is 19.9. The van der Waals surface area contributed by atoms with Crippen LogP contribution in [0.2, 0.25) is 0 Å². The Labute approximate surface area is 208 Å². The number of thiophene rings is 1. The number of likely N-dealkylation sites (tertiary alicyclic amines) is 1. The van der Waals surface area contributed by atoms with Crippen LogP contribution in [-0.2, 0) is 0 Å². The van der Waals surface area contributed by atoms with Gasteiger partial charge in [-0.1, -0.05) is 6.42 Å². The van der Waals surface area contributed by atoms with E-state index in [-0.39, 0.29) is 18.1 Å². The van der Waals surface area contributed by atoms with Gasteiger partial charge in [0.2, 0.25) is 0 Å². The Bertz CT molecular complexity index is 1380. The van der Waals surface area contributed by atoms with E-state index < -0.39 is 5.75 Å². The average Bonchev–Trinajstić information content (AvgIpc) is 3.31. The van der Waals surface area contributed by atoms with Crippen molar-refractivity contribution in [3.05, 3.63) is 66.7 Å². The molecule has 1 aliphatic heterocycles. The van der Waals surface area contributed by atoms with Gasteiger partial charge in [-0.3, -0.25) is 4.90 Å². The van der Waals surface area contributed by atoms with E-state index in [1.165, 1.54) is 30.6 Å². The van der Waals surface area contributed by atoms with Crippen LogP contribution in [0.5, 0.6) is 28.7 Å². The number of ether oxygens (including phenoxy) is 3. The Morgan fingerprint density at radius 2 is 1.65 bits per heavy atom. The average molecular weight is 479 g/mol. The molecule has 1 saturated heterocycles. The highest BCUT2D eigenvalue weighted by Crippen LogP contribution is 2.47. The quantitative estimate of drug-likeness (QED) is 0.297. The molecule has 176 valence electrons. The molecule has 6 heteroatoms. The summed E-state index contributed by atoms with van der Waals surface area (Å²) in [4.78, 5) is 3.13. The summed E-state index contributed by atoms with van der Waals surface area (Å²) in [6, 6.07) is 14.0. The van der Waals surface area contributed by atoms with E-state index in [0.29, 0.717) is 38.8 Å². The highest BCUT2D eigenvalue weighted by Gasteiger charge is 2.17. The van der Waals surface area contributed by atoms with Crippen LogP contribution in [0, 0.1) is 0 Å². The fourth-order valence-electron chi connectivity index (χ4n) is 4.11.